The van der Waals surface area contributed by atoms with Crippen LogP contribution in [0.25, 0.3) is 0 Å². The van der Waals surface area contributed by atoms with Crippen LogP contribution in [0.5, 0.6) is 0 Å². The number of nitrogens with one attached hydrogen (secondary N) is 1. The number of H-pyrrole nitrogens is 1. The summed E-state index contributed by atoms with van der Waals surface area (Å²) in [4.78, 5) is 20.7. The van der Waals surface area contributed by atoms with E-state index < -0.39 is 23.8 Å². The van der Waals surface area contributed by atoms with Crippen LogP contribution in [-0.2, 0) is 17.7 Å². The van der Waals surface area contributed by atoms with E-state index in [9.17, 15) is 18.0 Å². The zero-order chi connectivity index (χ0) is 22.1. The first-order valence-electron chi connectivity index (χ1n) is 10.4. The van der Waals surface area contributed by atoms with Gasteiger partial charge < -0.3 is 14.5 Å². The average molecular weight is 438 g/mol. The highest BCUT2D eigenvalue weighted by Gasteiger charge is 2.59. The minimum Gasteiger partial charge on any atom is -0.374 e. The number of morpholine rings is 1. The number of aryl methyl sites for hydroxylation is 2. The van der Waals surface area contributed by atoms with E-state index in [-0.39, 0.29) is 24.6 Å². The molecule has 0 saturated carbocycles. The van der Waals surface area contributed by atoms with Gasteiger partial charge in [0, 0.05) is 24.8 Å². The lowest BCUT2D eigenvalue weighted by Crippen LogP contribution is -2.56. The number of aromatic nitrogens is 4. The van der Waals surface area contributed by atoms with Crippen molar-refractivity contribution in [3.05, 3.63) is 33.4 Å². The first kappa shape index (κ1) is 20.3. The molecule has 1 unspecified atom stereocenters. The number of halogens is 3. The fraction of sp³-hybridized carbons (Fsp3) is 0.650. The van der Waals surface area contributed by atoms with Gasteiger partial charge in [-0.25, -0.2) is 0 Å². The molecule has 1 N–H and O–H groups in total. The third-order valence-corrected chi connectivity index (χ3v) is 6.95. The van der Waals surface area contributed by atoms with Crippen molar-refractivity contribution < 1.29 is 17.9 Å². The molecular formula is C20H25F3N6O2. The van der Waals surface area contributed by atoms with Gasteiger partial charge in [-0.1, -0.05) is 0 Å². The summed E-state index contributed by atoms with van der Waals surface area (Å²) in [6, 6.07) is 1.47. The van der Waals surface area contributed by atoms with Crippen molar-refractivity contribution in [2.45, 2.75) is 64.0 Å². The van der Waals surface area contributed by atoms with Crippen LogP contribution in [0.15, 0.2) is 10.9 Å². The SMILES string of the molecule is Cc1n[nH]c(C)c1CCN1c2nc(N3C[C@@H]4C[C@H]3CO4)cc(=O)n2CC1(C)C(F)(F)F. The van der Waals surface area contributed by atoms with Crippen LogP contribution in [0.4, 0.5) is 24.9 Å². The third kappa shape index (κ3) is 3.04. The van der Waals surface area contributed by atoms with Gasteiger partial charge in [0.25, 0.3) is 5.56 Å². The molecule has 2 fully saturated rings. The molecule has 31 heavy (non-hydrogen) atoms. The minimum atomic E-state index is -4.53. The summed E-state index contributed by atoms with van der Waals surface area (Å²) in [6.45, 7) is 5.56. The maximum Gasteiger partial charge on any atom is 0.413 e. The Labute approximate surface area is 177 Å². The number of hydrogen-bond acceptors (Lipinski definition) is 6. The fourth-order valence-electron chi connectivity index (χ4n) is 5.03. The van der Waals surface area contributed by atoms with E-state index in [0.717, 1.165) is 34.9 Å². The second-order valence-corrected chi connectivity index (χ2v) is 8.92. The third-order valence-electron chi connectivity index (χ3n) is 6.95. The lowest BCUT2D eigenvalue weighted by atomic mass is 10.00. The molecule has 0 aromatic carbocycles. The first-order chi connectivity index (χ1) is 14.6. The fourth-order valence-corrected chi connectivity index (χ4v) is 5.03. The molecule has 2 saturated heterocycles. The molecule has 168 valence electrons. The van der Waals surface area contributed by atoms with Crippen LogP contribution in [0, 0.1) is 13.8 Å². The molecule has 3 atom stereocenters. The standard InChI is InChI=1S/C20H25F3N6O2/c1-11-15(12(2)26-25-11)4-5-29-18-24-16(27-8-14-6-13(27)9-31-14)7-17(30)28(18)10-19(29,3)20(21,22)23/h7,13-14H,4-6,8-10H2,1-3H3,(H,25,26)/t13-,14-,19?/m0/s1. The molecule has 2 bridgehead atoms. The van der Waals surface area contributed by atoms with E-state index in [0.29, 0.717) is 25.4 Å². The highest BCUT2D eigenvalue weighted by molar-refractivity contribution is 5.51. The first-order valence-corrected chi connectivity index (χ1v) is 10.4. The molecule has 11 heteroatoms. The molecule has 5 heterocycles. The van der Waals surface area contributed by atoms with Crippen molar-refractivity contribution in [1.82, 2.24) is 19.7 Å². The lowest BCUT2D eigenvalue weighted by Gasteiger charge is -2.37. The smallest absolute Gasteiger partial charge is 0.374 e. The Balaban J connectivity index is 1.54. The number of anilines is 2. The number of nitrogens with zero attached hydrogens (tertiary/aromatic N) is 5. The molecule has 0 amide bonds. The summed E-state index contributed by atoms with van der Waals surface area (Å²) < 4.78 is 49.4. The monoisotopic (exact) mass is 438 g/mol. The highest BCUT2D eigenvalue weighted by Crippen LogP contribution is 2.44. The van der Waals surface area contributed by atoms with Crippen LogP contribution >= 0.6 is 0 Å². The van der Waals surface area contributed by atoms with E-state index in [1.165, 1.54) is 11.0 Å². The van der Waals surface area contributed by atoms with Gasteiger partial charge in [0.2, 0.25) is 5.95 Å². The van der Waals surface area contributed by atoms with E-state index in [1.807, 2.05) is 18.7 Å². The van der Waals surface area contributed by atoms with E-state index in [4.69, 9.17) is 4.74 Å². The number of alkyl halides is 3. The van der Waals surface area contributed by atoms with Crippen LogP contribution in [-0.4, -0.2) is 63.3 Å². The zero-order valence-corrected chi connectivity index (χ0v) is 17.7. The minimum absolute atomic E-state index is 0.0717. The number of hydrogen-bond donors (Lipinski definition) is 1. The largest absolute Gasteiger partial charge is 0.413 e. The Morgan fingerprint density at radius 3 is 2.71 bits per heavy atom. The van der Waals surface area contributed by atoms with Gasteiger partial charge in [-0.15, -0.1) is 0 Å². The van der Waals surface area contributed by atoms with Gasteiger partial charge in [-0.2, -0.15) is 23.3 Å². The van der Waals surface area contributed by atoms with Gasteiger partial charge in [0.1, 0.15) is 5.82 Å². The summed E-state index contributed by atoms with van der Waals surface area (Å²) in [5, 5.41) is 7.01. The van der Waals surface area contributed by atoms with Crippen molar-refractivity contribution in [3.8, 4) is 0 Å². The number of ether oxygens (including phenoxy) is 1. The van der Waals surface area contributed by atoms with E-state index >= 15 is 0 Å². The number of aromatic amines is 1. The lowest BCUT2D eigenvalue weighted by molar-refractivity contribution is -0.182. The summed E-state index contributed by atoms with van der Waals surface area (Å²) in [5.41, 5.74) is -0.202. The molecule has 0 radical (unpaired) electrons. The highest BCUT2D eigenvalue weighted by atomic mass is 19.4. The summed E-state index contributed by atoms with van der Waals surface area (Å²) >= 11 is 0. The van der Waals surface area contributed by atoms with Crippen LogP contribution in [0.3, 0.4) is 0 Å². The summed E-state index contributed by atoms with van der Waals surface area (Å²) in [5.74, 6) is 0.504. The molecule has 3 aliphatic heterocycles. The van der Waals surface area contributed by atoms with Crippen molar-refractivity contribution in [3.63, 3.8) is 0 Å². The summed E-state index contributed by atoms with van der Waals surface area (Å²) in [6.07, 6.45) is -3.23. The van der Waals surface area contributed by atoms with Crippen molar-refractivity contribution in [2.75, 3.05) is 29.5 Å². The quantitative estimate of drug-likeness (QED) is 0.786. The van der Waals surface area contributed by atoms with Gasteiger partial charge in [-0.3, -0.25) is 14.5 Å². The second-order valence-electron chi connectivity index (χ2n) is 8.92. The zero-order valence-electron chi connectivity index (χ0n) is 17.7. The topological polar surface area (TPSA) is 79.3 Å². The maximum atomic E-state index is 14.2. The number of rotatable bonds is 4. The Morgan fingerprint density at radius 1 is 1.35 bits per heavy atom. The van der Waals surface area contributed by atoms with Crippen LogP contribution in [0.2, 0.25) is 0 Å². The maximum absolute atomic E-state index is 14.2. The Hall–Kier alpha value is -2.56. The molecule has 2 aromatic rings. The summed E-state index contributed by atoms with van der Waals surface area (Å²) in [7, 11) is 0. The Morgan fingerprint density at radius 2 is 2.13 bits per heavy atom. The molecule has 3 aliphatic rings. The van der Waals surface area contributed by atoms with Gasteiger partial charge in [0.15, 0.2) is 5.54 Å². The molecular weight excluding hydrogens is 413 g/mol. The van der Waals surface area contributed by atoms with Crippen molar-refractivity contribution in [1.29, 1.82) is 0 Å². The Kier molecular flexibility index (Phi) is 4.41. The van der Waals surface area contributed by atoms with Crippen molar-refractivity contribution in [2.24, 2.45) is 0 Å². The molecule has 0 aliphatic carbocycles. The molecule has 0 spiro atoms. The van der Waals surface area contributed by atoms with Crippen molar-refractivity contribution >= 4 is 11.8 Å². The predicted octanol–water partition coefficient (Wildman–Crippen LogP) is 1.94. The Bertz CT molecular complexity index is 1060. The van der Waals surface area contributed by atoms with Gasteiger partial charge in [0.05, 0.1) is 31.0 Å². The molecule has 5 rings (SSSR count). The normalized spacial score (nSPS) is 27.4. The van der Waals surface area contributed by atoms with E-state index in [2.05, 4.69) is 15.2 Å². The molecule has 8 nitrogen and oxygen atoms in total. The van der Waals surface area contributed by atoms with E-state index in [1.54, 1.807) is 0 Å². The number of fused-ring (bicyclic) bond motifs is 3. The van der Waals surface area contributed by atoms with Gasteiger partial charge in [-0.05, 0) is 39.2 Å². The molecule has 2 aromatic heterocycles. The second kappa shape index (κ2) is 6.72. The van der Waals surface area contributed by atoms with Gasteiger partial charge >= 0.3 is 6.18 Å². The van der Waals surface area contributed by atoms with Crippen LogP contribution in [0.1, 0.15) is 30.3 Å². The average Bonchev–Trinajstić information content (AvgIpc) is 3.45. The predicted molar refractivity (Wildman–Crippen MR) is 108 cm³/mol. The van der Waals surface area contributed by atoms with Crippen LogP contribution < -0.4 is 15.4 Å².